The SMILES string of the molecule is COc1ccc2ccc3cnc4ccccc4c3c2c1. The highest BCUT2D eigenvalue weighted by molar-refractivity contribution is 6.19. The summed E-state index contributed by atoms with van der Waals surface area (Å²) in [4.78, 5) is 4.53. The van der Waals surface area contributed by atoms with Crippen molar-refractivity contribution in [1.82, 2.24) is 4.98 Å². The monoisotopic (exact) mass is 259 g/mol. The van der Waals surface area contributed by atoms with Crippen LogP contribution in [0.4, 0.5) is 0 Å². The molecule has 0 atom stereocenters. The van der Waals surface area contributed by atoms with E-state index >= 15 is 0 Å². The van der Waals surface area contributed by atoms with Gasteiger partial charge in [-0.3, -0.25) is 4.98 Å². The van der Waals surface area contributed by atoms with Crippen molar-refractivity contribution >= 4 is 32.4 Å². The predicted octanol–water partition coefficient (Wildman–Crippen LogP) is 4.55. The van der Waals surface area contributed by atoms with Crippen molar-refractivity contribution in [3.8, 4) is 5.75 Å². The summed E-state index contributed by atoms with van der Waals surface area (Å²) in [6.45, 7) is 0. The molecule has 1 aromatic heterocycles. The Balaban J connectivity index is 2.29. The Morgan fingerprint density at radius 3 is 2.55 bits per heavy atom. The lowest BCUT2D eigenvalue weighted by atomic mass is 9.99. The summed E-state index contributed by atoms with van der Waals surface area (Å²) in [6, 6.07) is 18.7. The summed E-state index contributed by atoms with van der Waals surface area (Å²) in [6.07, 6.45) is 1.94. The van der Waals surface area contributed by atoms with Crippen LogP contribution in [0.15, 0.2) is 60.8 Å². The number of para-hydroxylation sites is 1. The maximum absolute atomic E-state index is 5.37. The second-order valence-electron chi connectivity index (χ2n) is 4.89. The normalized spacial score (nSPS) is 11.2. The summed E-state index contributed by atoms with van der Waals surface area (Å²) in [7, 11) is 1.70. The van der Waals surface area contributed by atoms with Gasteiger partial charge < -0.3 is 4.74 Å². The third-order valence-electron chi connectivity index (χ3n) is 3.78. The maximum atomic E-state index is 5.37. The zero-order valence-corrected chi connectivity index (χ0v) is 11.1. The Kier molecular flexibility index (Phi) is 2.36. The molecule has 0 spiro atoms. The summed E-state index contributed by atoms with van der Waals surface area (Å²) in [5.74, 6) is 0.880. The minimum atomic E-state index is 0.880. The van der Waals surface area contributed by atoms with Crippen molar-refractivity contribution < 1.29 is 4.74 Å². The van der Waals surface area contributed by atoms with Crippen LogP contribution in [0, 0.1) is 0 Å². The molecule has 4 aromatic rings. The molecule has 2 heteroatoms. The molecule has 0 aliphatic carbocycles. The van der Waals surface area contributed by atoms with E-state index in [1.54, 1.807) is 7.11 Å². The molecule has 1 heterocycles. The van der Waals surface area contributed by atoms with Crippen LogP contribution in [0.3, 0.4) is 0 Å². The molecule has 4 rings (SSSR count). The number of hydrogen-bond acceptors (Lipinski definition) is 2. The van der Waals surface area contributed by atoms with E-state index in [0.29, 0.717) is 0 Å². The van der Waals surface area contributed by atoms with Crippen LogP contribution >= 0.6 is 0 Å². The molecule has 0 saturated heterocycles. The van der Waals surface area contributed by atoms with Gasteiger partial charge in [0.2, 0.25) is 0 Å². The van der Waals surface area contributed by atoms with Crippen LogP contribution in [-0.2, 0) is 0 Å². The van der Waals surface area contributed by atoms with Crippen LogP contribution in [0.2, 0.25) is 0 Å². The van der Waals surface area contributed by atoms with Gasteiger partial charge in [-0.25, -0.2) is 0 Å². The first-order valence-electron chi connectivity index (χ1n) is 6.61. The summed E-state index contributed by atoms with van der Waals surface area (Å²) in [5.41, 5.74) is 1.02. The van der Waals surface area contributed by atoms with Gasteiger partial charge in [-0.2, -0.15) is 0 Å². The predicted molar refractivity (Wildman–Crippen MR) is 83.3 cm³/mol. The molecule has 0 bridgehead atoms. The standard InChI is InChI=1S/C18H13NO/c1-20-14-9-8-12-6-7-13-11-19-17-5-3-2-4-15(17)18(13)16(12)10-14/h2-11H,1H3. The van der Waals surface area contributed by atoms with Crippen LogP contribution in [0.1, 0.15) is 0 Å². The van der Waals surface area contributed by atoms with Crippen molar-refractivity contribution in [3.05, 3.63) is 60.8 Å². The van der Waals surface area contributed by atoms with E-state index in [4.69, 9.17) is 4.74 Å². The lowest BCUT2D eigenvalue weighted by Crippen LogP contribution is -1.86. The lowest BCUT2D eigenvalue weighted by Gasteiger charge is -2.08. The molecule has 0 amide bonds. The number of rotatable bonds is 1. The van der Waals surface area contributed by atoms with Gasteiger partial charge in [0.05, 0.1) is 12.6 Å². The van der Waals surface area contributed by atoms with Gasteiger partial charge in [0.15, 0.2) is 0 Å². The van der Waals surface area contributed by atoms with E-state index in [0.717, 1.165) is 16.7 Å². The molecule has 0 unspecified atom stereocenters. The lowest BCUT2D eigenvalue weighted by molar-refractivity contribution is 0.415. The quantitative estimate of drug-likeness (QED) is 0.468. The molecular weight excluding hydrogens is 246 g/mol. The number of hydrogen-bond donors (Lipinski definition) is 0. The number of aromatic nitrogens is 1. The summed E-state index contributed by atoms with van der Waals surface area (Å²) in [5, 5.41) is 6.01. The van der Waals surface area contributed by atoms with Crippen LogP contribution in [0.5, 0.6) is 5.75 Å². The van der Waals surface area contributed by atoms with Gasteiger partial charge in [-0.15, -0.1) is 0 Å². The molecule has 96 valence electrons. The van der Waals surface area contributed by atoms with Crippen LogP contribution < -0.4 is 4.74 Å². The zero-order chi connectivity index (χ0) is 13.5. The Hall–Kier alpha value is -2.61. The number of fused-ring (bicyclic) bond motifs is 5. The number of benzene rings is 3. The minimum absolute atomic E-state index is 0.880. The minimum Gasteiger partial charge on any atom is -0.497 e. The molecule has 20 heavy (non-hydrogen) atoms. The second-order valence-corrected chi connectivity index (χ2v) is 4.89. The Morgan fingerprint density at radius 1 is 0.850 bits per heavy atom. The van der Waals surface area contributed by atoms with E-state index < -0.39 is 0 Å². The first-order chi connectivity index (χ1) is 9.86. The highest BCUT2D eigenvalue weighted by Gasteiger charge is 2.06. The fourth-order valence-corrected chi connectivity index (χ4v) is 2.79. The maximum Gasteiger partial charge on any atom is 0.119 e. The largest absolute Gasteiger partial charge is 0.497 e. The molecule has 0 aliphatic heterocycles. The molecule has 0 aliphatic rings. The zero-order valence-electron chi connectivity index (χ0n) is 11.1. The third kappa shape index (κ3) is 1.55. The average Bonchev–Trinajstić information content (AvgIpc) is 2.53. The first kappa shape index (κ1) is 11.2. The number of methoxy groups -OCH3 is 1. The van der Waals surface area contributed by atoms with Gasteiger partial charge in [0.1, 0.15) is 5.75 Å². The molecule has 0 fully saturated rings. The summed E-state index contributed by atoms with van der Waals surface area (Å²) >= 11 is 0. The molecular formula is C18H13NO. The topological polar surface area (TPSA) is 22.1 Å². The van der Waals surface area contributed by atoms with Crippen LogP contribution in [-0.4, -0.2) is 12.1 Å². The van der Waals surface area contributed by atoms with Gasteiger partial charge in [0.25, 0.3) is 0 Å². The van der Waals surface area contributed by atoms with E-state index in [1.165, 1.54) is 21.5 Å². The average molecular weight is 259 g/mol. The summed E-state index contributed by atoms with van der Waals surface area (Å²) < 4.78 is 5.37. The Morgan fingerprint density at radius 2 is 1.65 bits per heavy atom. The molecule has 0 N–H and O–H groups in total. The first-order valence-corrected chi connectivity index (χ1v) is 6.61. The van der Waals surface area contributed by atoms with Gasteiger partial charge >= 0.3 is 0 Å². The van der Waals surface area contributed by atoms with Gasteiger partial charge in [-0.1, -0.05) is 36.4 Å². The van der Waals surface area contributed by atoms with E-state index in [9.17, 15) is 0 Å². The van der Waals surface area contributed by atoms with E-state index in [2.05, 4.69) is 41.4 Å². The number of nitrogens with zero attached hydrogens (tertiary/aromatic N) is 1. The third-order valence-corrected chi connectivity index (χ3v) is 3.78. The second kappa shape index (κ2) is 4.20. The number of pyridine rings is 1. The van der Waals surface area contributed by atoms with Crippen molar-refractivity contribution in [1.29, 1.82) is 0 Å². The smallest absolute Gasteiger partial charge is 0.119 e. The van der Waals surface area contributed by atoms with Crippen LogP contribution in [0.25, 0.3) is 32.4 Å². The van der Waals surface area contributed by atoms with E-state index in [-0.39, 0.29) is 0 Å². The van der Waals surface area contributed by atoms with Crippen molar-refractivity contribution in [2.75, 3.05) is 7.11 Å². The molecule has 2 nitrogen and oxygen atoms in total. The molecule has 3 aromatic carbocycles. The highest BCUT2D eigenvalue weighted by atomic mass is 16.5. The molecule has 0 radical (unpaired) electrons. The van der Waals surface area contributed by atoms with Gasteiger partial charge in [-0.05, 0) is 29.0 Å². The van der Waals surface area contributed by atoms with Crippen molar-refractivity contribution in [3.63, 3.8) is 0 Å². The van der Waals surface area contributed by atoms with Crippen molar-refractivity contribution in [2.24, 2.45) is 0 Å². The Labute approximate surface area is 116 Å². The highest BCUT2D eigenvalue weighted by Crippen LogP contribution is 2.32. The fraction of sp³-hybridized carbons (Fsp3) is 0.0556. The van der Waals surface area contributed by atoms with Gasteiger partial charge in [0, 0.05) is 22.4 Å². The number of ether oxygens (including phenoxy) is 1. The van der Waals surface area contributed by atoms with E-state index in [1.807, 2.05) is 24.4 Å². The fourth-order valence-electron chi connectivity index (χ4n) is 2.79. The molecule has 0 saturated carbocycles. The Bertz CT molecular complexity index is 938. The van der Waals surface area contributed by atoms with Crippen molar-refractivity contribution in [2.45, 2.75) is 0 Å².